The van der Waals surface area contributed by atoms with E-state index >= 15 is 0 Å². The molecule has 2 nitrogen and oxygen atoms in total. The number of rotatable bonds is 7. The minimum absolute atomic E-state index is 0.00677. The summed E-state index contributed by atoms with van der Waals surface area (Å²) in [5, 5.41) is 1.24. The molecule has 2 unspecified atom stereocenters. The van der Waals surface area contributed by atoms with Gasteiger partial charge < -0.3 is 9.47 Å². The number of aryl methyl sites for hydroxylation is 1. The molecule has 0 spiro atoms. The lowest BCUT2D eigenvalue weighted by Gasteiger charge is -2.42. The van der Waals surface area contributed by atoms with Crippen molar-refractivity contribution >= 4 is 34.0 Å². The Morgan fingerprint density at radius 1 is 0.643 bits per heavy atom. The third-order valence-corrected chi connectivity index (χ3v) is 12.5. The first kappa shape index (κ1) is 35.6. The maximum absolute atomic E-state index is 2.52. The molecule has 1 heterocycles. The van der Waals surface area contributed by atoms with Gasteiger partial charge in [-0.15, -0.1) is 0 Å². The molecule has 6 aromatic carbocycles. The molecule has 1 aromatic heterocycles. The van der Waals surface area contributed by atoms with Gasteiger partial charge in [0.25, 0.3) is 0 Å². The standard InChI is InChI=1S/C54H50N2/c1-7-20-49-38(2)46-36-44(31-33-50(46)56(49)42-26-15-10-16-27-42)55(43-28-19-25-41(35-43)52(3,4)5)45-30-32-47-48(37-45)54(39-21-11-8-12-22-39,40-23-13-9-14-24-40)51-29-17-18-34-53(47,51)6/h7-37,51H,1-6H3/b20-7-. The van der Waals surface area contributed by atoms with Crippen LogP contribution in [0.4, 0.5) is 17.1 Å². The zero-order chi connectivity index (χ0) is 38.7. The molecule has 9 rings (SSSR count). The molecular weight excluding hydrogens is 677 g/mol. The van der Waals surface area contributed by atoms with E-state index in [9.17, 15) is 0 Å². The second kappa shape index (κ2) is 13.6. The Balaban J connectivity index is 1.33. The average Bonchev–Trinajstić information content (AvgIpc) is 3.63. The smallest absolute Gasteiger partial charge is 0.0539 e. The summed E-state index contributed by atoms with van der Waals surface area (Å²) in [7, 11) is 0. The molecule has 0 radical (unpaired) electrons. The van der Waals surface area contributed by atoms with Crippen LogP contribution in [0.1, 0.15) is 73.7 Å². The summed E-state index contributed by atoms with van der Waals surface area (Å²) in [6.07, 6.45) is 13.8. The highest BCUT2D eigenvalue weighted by Gasteiger charge is 2.58. The van der Waals surface area contributed by atoms with E-state index in [4.69, 9.17) is 0 Å². The lowest BCUT2D eigenvalue weighted by atomic mass is 9.60. The normalized spacial score (nSPS) is 18.4. The quantitative estimate of drug-likeness (QED) is 0.159. The number of allylic oxidation sites excluding steroid dienone is 5. The van der Waals surface area contributed by atoms with Crippen LogP contribution >= 0.6 is 0 Å². The predicted molar refractivity (Wildman–Crippen MR) is 238 cm³/mol. The van der Waals surface area contributed by atoms with Crippen LogP contribution in [0.25, 0.3) is 22.7 Å². The molecule has 0 aliphatic heterocycles. The van der Waals surface area contributed by atoms with Crippen LogP contribution in [0.15, 0.2) is 182 Å². The van der Waals surface area contributed by atoms with E-state index in [1.807, 2.05) is 0 Å². The van der Waals surface area contributed by atoms with Crippen molar-refractivity contribution in [1.82, 2.24) is 4.57 Å². The number of fused-ring (bicyclic) bond motifs is 4. The SMILES string of the molecule is C/C=C\c1c(C)c2cc(N(c3cccc(C(C)(C)C)c3)c3ccc4c(c3)C(c3ccccc3)(c3ccccc3)C3C=CC=CC43C)ccc2n1-c1ccccc1. The molecule has 2 aliphatic rings. The van der Waals surface area contributed by atoms with Gasteiger partial charge in [0.15, 0.2) is 0 Å². The summed E-state index contributed by atoms with van der Waals surface area (Å²) in [5.41, 5.74) is 14.3. The minimum Gasteiger partial charge on any atom is -0.310 e. The van der Waals surface area contributed by atoms with Crippen LogP contribution in [0.2, 0.25) is 0 Å². The van der Waals surface area contributed by atoms with Gasteiger partial charge in [-0.25, -0.2) is 0 Å². The molecule has 0 N–H and O–H groups in total. The van der Waals surface area contributed by atoms with Crippen molar-refractivity contribution in [1.29, 1.82) is 0 Å². The van der Waals surface area contributed by atoms with Crippen LogP contribution in [0, 0.1) is 12.8 Å². The Morgan fingerprint density at radius 2 is 1.27 bits per heavy atom. The van der Waals surface area contributed by atoms with Gasteiger partial charge in [-0.1, -0.05) is 155 Å². The molecule has 2 heteroatoms. The van der Waals surface area contributed by atoms with Gasteiger partial charge in [-0.2, -0.15) is 0 Å². The van der Waals surface area contributed by atoms with Crippen molar-refractivity contribution in [2.45, 2.75) is 57.8 Å². The topological polar surface area (TPSA) is 8.17 Å². The fourth-order valence-corrected chi connectivity index (χ4v) is 9.82. The Kier molecular flexibility index (Phi) is 8.62. The number of para-hydroxylation sites is 1. The third-order valence-electron chi connectivity index (χ3n) is 12.5. The zero-order valence-corrected chi connectivity index (χ0v) is 33.4. The van der Waals surface area contributed by atoms with E-state index in [2.05, 4.69) is 239 Å². The predicted octanol–water partition coefficient (Wildman–Crippen LogP) is 14.1. The van der Waals surface area contributed by atoms with Gasteiger partial charge in [-0.05, 0) is 113 Å². The summed E-state index contributed by atoms with van der Waals surface area (Å²) >= 11 is 0. The Hall–Kier alpha value is -6.12. The van der Waals surface area contributed by atoms with E-state index < -0.39 is 5.41 Å². The van der Waals surface area contributed by atoms with Gasteiger partial charge in [0.2, 0.25) is 0 Å². The highest BCUT2D eigenvalue weighted by Crippen LogP contribution is 2.62. The number of aromatic nitrogens is 1. The first-order valence-electron chi connectivity index (χ1n) is 20.0. The molecule has 276 valence electrons. The molecule has 7 aromatic rings. The molecular formula is C54H50N2. The zero-order valence-electron chi connectivity index (χ0n) is 33.4. The van der Waals surface area contributed by atoms with Crippen molar-refractivity contribution in [3.63, 3.8) is 0 Å². The molecule has 56 heavy (non-hydrogen) atoms. The first-order chi connectivity index (χ1) is 27.2. The van der Waals surface area contributed by atoms with E-state index in [0.29, 0.717) is 0 Å². The number of hydrogen-bond donors (Lipinski definition) is 0. The van der Waals surface area contributed by atoms with Gasteiger partial charge in [0.1, 0.15) is 0 Å². The third kappa shape index (κ3) is 5.46. The summed E-state index contributed by atoms with van der Waals surface area (Å²) in [5.74, 6) is 0.189. The second-order valence-electron chi connectivity index (χ2n) is 16.8. The van der Waals surface area contributed by atoms with Gasteiger partial charge >= 0.3 is 0 Å². The first-order valence-corrected chi connectivity index (χ1v) is 20.0. The lowest BCUT2D eigenvalue weighted by molar-refractivity contribution is 0.366. The molecule has 0 amide bonds. The fraction of sp³-hybridized carbons (Fsp3) is 0.185. The number of benzene rings is 6. The van der Waals surface area contributed by atoms with E-state index in [-0.39, 0.29) is 16.7 Å². The lowest BCUT2D eigenvalue weighted by Crippen LogP contribution is -2.40. The molecule has 2 atom stereocenters. The van der Waals surface area contributed by atoms with Crippen LogP contribution < -0.4 is 4.90 Å². The highest BCUT2D eigenvalue weighted by molar-refractivity contribution is 5.94. The molecule has 2 aliphatic carbocycles. The monoisotopic (exact) mass is 726 g/mol. The van der Waals surface area contributed by atoms with Crippen LogP contribution in [0.3, 0.4) is 0 Å². The van der Waals surface area contributed by atoms with Crippen LogP contribution in [-0.2, 0) is 16.2 Å². The van der Waals surface area contributed by atoms with E-state index in [1.54, 1.807) is 0 Å². The average molecular weight is 727 g/mol. The number of anilines is 3. The highest BCUT2D eigenvalue weighted by atomic mass is 15.1. The van der Waals surface area contributed by atoms with Gasteiger partial charge in [-0.3, -0.25) is 0 Å². The summed E-state index contributed by atoms with van der Waals surface area (Å²) in [6, 6.07) is 56.6. The maximum Gasteiger partial charge on any atom is 0.0539 e. The van der Waals surface area contributed by atoms with Crippen LogP contribution in [0.5, 0.6) is 0 Å². The van der Waals surface area contributed by atoms with Crippen molar-refractivity contribution in [2.24, 2.45) is 5.92 Å². The molecule has 0 fully saturated rings. The Labute approximate surface area is 332 Å². The summed E-state index contributed by atoms with van der Waals surface area (Å²) < 4.78 is 2.39. The molecule has 0 saturated heterocycles. The fourth-order valence-electron chi connectivity index (χ4n) is 9.82. The van der Waals surface area contributed by atoms with E-state index in [0.717, 1.165) is 22.7 Å². The Bertz CT molecular complexity index is 2610. The maximum atomic E-state index is 2.52. The molecule has 0 saturated carbocycles. The summed E-state index contributed by atoms with van der Waals surface area (Å²) in [4.78, 5) is 2.49. The van der Waals surface area contributed by atoms with E-state index in [1.165, 1.54) is 50.0 Å². The van der Waals surface area contributed by atoms with Crippen molar-refractivity contribution in [2.75, 3.05) is 4.90 Å². The second-order valence-corrected chi connectivity index (χ2v) is 16.8. The van der Waals surface area contributed by atoms with Gasteiger partial charge in [0.05, 0.1) is 10.9 Å². The summed E-state index contributed by atoms with van der Waals surface area (Å²) in [6.45, 7) is 13.7. The van der Waals surface area contributed by atoms with Crippen LogP contribution in [-0.4, -0.2) is 4.57 Å². The van der Waals surface area contributed by atoms with Gasteiger partial charge in [0, 0.05) is 45.2 Å². The number of hydrogen-bond acceptors (Lipinski definition) is 1. The van der Waals surface area contributed by atoms with Crippen molar-refractivity contribution in [3.8, 4) is 5.69 Å². The van der Waals surface area contributed by atoms with Crippen molar-refractivity contribution in [3.05, 3.63) is 221 Å². The number of nitrogens with zero attached hydrogens (tertiary/aromatic N) is 2. The Morgan fingerprint density at radius 3 is 1.93 bits per heavy atom. The largest absolute Gasteiger partial charge is 0.310 e. The minimum atomic E-state index is -0.405. The molecule has 0 bridgehead atoms. The van der Waals surface area contributed by atoms with Crippen molar-refractivity contribution < 1.29 is 0 Å².